The van der Waals surface area contributed by atoms with Gasteiger partial charge in [-0.3, -0.25) is 4.79 Å². The summed E-state index contributed by atoms with van der Waals surface area (Å²) in [6, 6.07) is 0.594. The molecule has 0 heterocycles. The highest BCUT2D eigenvalue weighted by Crippen LogP contribution is 2.26. The summed E-state index contributed by atoms with van der Waals surface area (Å²) in [4.78, 5) is 11.3. The maximum Gasteiger partial charge on any atom is 0.157 e. The molecule has 2 nitrogen and oxygen atoms in total. The smallest absolute Gasteiger partial charge is 0.157 e. The van der Waals surface area contributed by atoms with Crippen LogP contribution in [0, 0.1) is 0 Å². The van der Waals surface area contributed by atoms with E-state index >= 15 is 0 Å². The molecule has 15 heavy (non-hydrogen) atoms. The number of hydrogen-bond donors (Lipinski definition) is 1. The molecule has 0 bridgehead atoms. The summed E-state index contributed by atoms with van der Waals surface area (Å²) in [5.74, 6) is 0.296. The molecule has 2 aliphatic rings. The Morgan fingerprint density at radius 1 is 1.20 bits per heavy atom. The van der Waals surface area contributed by atoms with Gasteiger partial charge < -0.3 is 5.32 Å². The average molecular weight is 319 g/mol. The minimum Gasteiger partial charge on any atom is -0.384 e. The van der Waals surface area contributed by atoms with Crippen LogP contribution in [0.2, 0.25) is 0 Å². The Labute approximate surface area is 105 Å². The van der Waals surface area contributed by atoms with E-state index in [-0.39, 0.29) is 0 Å². The summed E-state index contributed by atoms with van der Waals surface area (Å²) in [5, 5.41) is 3.57. The van der Waals surface area contributed by atoms with Crippen LogP contribution in [0.25, 0.3) is 0 Å². The molecule has 1 N–H and O–H groups in total. The van der Waals surface area contributed by atoms with Crippen molar-refractivity contribution in [1.29, 1.82) is 0 Å². The number of alkyl halides is 1. The van der Waals surface area contributed by atoms with Gasteiger partial charge in [-0.1, -0.05) is 35.4 Å². The molecule has 1 fully saturated rings. The normalized spacial score (nSPS) is 32.3. The van der Waals surface area contributed by atoms with Gasteiger partial charge in [0.2, 0.25) is 0 Å². The molecule has 0 aromatic carbocycles. The van der Waals surface area contributed by atoms with Gasteiger partial charge in [-0.15, -0.1) is 0 Å². The van der Waals surface area contributed by atoms with Crippen molar-refractivity contribution < 1.29 is 4.79 Å². The van der Waals surface area contributed by atoms with E-state index in [0.29, 0.717) is 11.8 Å². The Kier molecular flexibility index (Phi) is 4.05. The third-order valence-corrected chi connectivity index (χ3v) is 4.75. The minimum atomic E-state index is 0.296. The Balaban J connectivity index is 1.92. The van der Waals surface area contributed by atoms with Crippen molar-refractivity contribution in [2.75, 3.05) is 0 Å². The van der Waals surface area contributed by atoms with Crippen LogP contribution in [-0.2, 0) is 4.79 Å². The number of hydrogen-bond acceptors (Lipinski definition) is 2. The average Bonchev–Trinajstić information content (AvgIpc) is 2.22. The number of allylic oxidation sites excluding steroid dienone is 2. The second-order valence-electron chi connectivity index (χ2n) is 4.54. The number of carbonyl (C=O) groups is 1. The van der Waals surface area contributed by atoms with Gasteiger partial charge in [0.05, 0.1) is 0 Å². The first-order chi connectivity index (χ1) is 7.25. The molecule has 0 saturated heterocycles. The van der Waals surface area contributed by atoms with Crippen molar-refractivity contribution >= 4 is 28.4 Å². The van der Waals surface area contributed by atoms with Gasteiger partial charge in [-0.2, -0.15) is 0 Å². The number of ketones is 1. The number of nitrogens with one attached hydrogen (secondary N) is 1. The monoisotopic (exact) mass is 319 g/mol. The number of rotatable bonds is 2. The molecule has 0 radical (unpaired) electrons. The lowest BCUT2D eigenvalue weighted by Gasteiger charge is -2.30. The van der Waals surface area contributed by atoms with E-state index in [9.17, 15) is 4.79 Å². The Morgan fingerprint density at radius 2 is 2.00 bits per heavy atom. The zero-order valence-corrected chi connectivity index (χ0v) is 11.1. The summed E-state index contributed by atoms with van der Waals surface area (Å²) >= 11 is 2.55. The van der Waals surface area contributed by atoms with Crippen LogP contribution >= 0.6 is 22.6 Å². The molecule has 0 aliphatic heterocycles. The first kappa shape index (κ1) is 11.4. The Hall–Kier alpha value is -0.0600. The maximum atomic E-state index is 11.3. The molecule has 0 spiro atoms. The van der Waals surface area contributed by atoms with Gasteiger partial charge in [0.1, 0.15) is 0 Å². The third kappa shape index (κ3) is 3.20. The highest BCUT2D eigenvalue weighted by molar-refractivity contribution is 14.1. The van der Waals surface area contributed by atoms with E-state index in [4.69, 9.17) is 0 Å². The molecule has 2 unspecified atom stereocenters. The van der Waals surface area contributed by atoms with Gasteiger partial charge in [0, 0.05) is 28.2 Å². The fourth-order valence-electron chi connectivity index (χ4n) is 2.39. The fourth-order valence-corrected chi connectivity index (χ4v) is 3.37. The lowest BCUT2D eigenvalue weighted by molar-refractivity contribution is -0.115. The lowest BCUT2D eigenvalue weighted by Crippen LogP contribution is -2.39. The summed E-state index contributed by atoms with van der Waals surface area (Å²) < 4.78 is 0.731. The molecule has 3 heteroatoms. The summed E-state index contributed by atoms with van der Waals surface area (Å²) in [7, 11) is 0. The molecular formula is C12H18INO. The highest BCUT2D eigenvalue weighted by atomic mass is 127. The maximum absolute atomic E-state index is 11.3. The second kappa shape index (κ2) is 5.32. The summed E-state index contributed by atoms with van der Waals surface area (Å²) in [5.41, 5.74) is 1.18. The quantitative estimate of drug-likeness (QED) is 0.626. The van der Waals surface area contributed by atoms with Crippen molar-refractivity contribution in [3.8, 4) is 0 Å². The van der Waals surface area contributed by atoms with Crippen LogP contribution in [-0.4, -0.2) is 15.7 Å². The van der Waals surface area contributed by atoms with Crippen LogP contribution in [0.1, 0.15) is 44.9 Å². The van der Waals surface area contributed by atoms with E-state index in [0.717, 1.165) is 23.2 Å². The molecule has 0 aromatic rings. The van der Waals surface area contributed by atoms with Crippen LogP contribution in [0.5, 0.6) is 0 Å². The van der Waals surface area contributed by atoms with E-state index < -0.39 is 0 Å². The van der Waals surface area contributed by atoms with Crippen molar-refractivity contribution in [3.05, 3.63) is 11.8 Å². The highest BCUT2D eigenvalue weighted by Gasteiger charge is 2.23. The van der Waals surface area contributed by atoms with Crippen LogP contribution in [0.3, 0.4) is 0 Å². The number of carbonyl (C=O) groups excluding carboxylic acids is 1. The predicted molar refractivity (Wildman–Crippen MR) is 70.1 cm³/mol. The summed E-state index contributed by atoms with van der Waals surface area (Å²) in [6.45, 7) is 0. The van der Waals surface area contributed by atoms with Crippen molar-refractivity contribution in [2.24, 2.45) is 0 Å². The third-order valence-electron chi connectivity index (χ3n) is 3.26. The Bertz CT molecular complexity index is 275. The molecule has 84 valence electrons. The van der Waals surface area contributed by atoms with Gasteiger partial charge in [0.25, 0.3) is 0 Å². The van der Waals surface area contributed by atoms with Gasteiger partial charge in [-0.05, 0) is 25.7 Å². The lowest BCUT2D eigenvalue weighted by atomic mass is 9.94. The van der Waals surface area contributed by atoms with Crippen LogP contribution < -0.4 is 5.32 Å². The zero-order chi connectivity index (χ0) is 10.7. The SMILES string of the molecule is O=C1C=C(NC2CCCCC2I)CCC1. The first-order valence-electron chi connectivity index (χ1n) is 5.90. The van der Waals surface area contributed by atoms with E-state index in [1.807, 2.05) is 6.08 Å². The molecule has 1 saturated carbocycles. The number of halogens is 1. The van der Waals surface area contributed by atoms with Crippen molar-refractivity contribution in [2.45, 2.75) is 54.9 Å². The van der Waals surface area contributed by atoms with Gasteiger partial charge in [-0.25, -0.2) is 0 Å². The molecule has 0 amide bonds. The fraction of sp³-hybridized carbons (Fsp3) is 0.750. The van der Waals surface area contributed by atoms with E-state index in [2.05, 4.69) is 27.9 Å². The van der Waals surface area contributed by atoms with Crippen molar-refractivity contribution in [3.63, 3.8) is 0 Å². The van der Waals surface area contributed by atoms with Crippen molar-refractivity contribution in [1.82, 2.24) is 5.32 Å². The van der Waals surface area contributed by atoms with E-state index in [1.54, 1.807) is 0 Å². The largest absolute Gasteiger partial charge is 0.384 e. The molecular weight excluding hydrogens is 301 g/mol. The second-order valence-corrected chi connectivity index (χ2v) is 6.14. The van der Waals surface area contributed by atoms with Gasteiger partial charge in [0.15, 0.2) is 5.78 Å². The molecule has 2 atom stereocenters. The molecule has 2 rings (SSSR count). The zero-order valence-electron chi connectivity index (χ0n) is 8.97. The molecule has 2 aliphatic carbocycles. The first-order valence-corrected chi connectivity index (χ1v) is 7.14. The van der Waals surface area contributed by atoms with Crippen LogP contribution in [0.15, 0.2) is 11.8 Å². The standard InChI is InChI=1S/C12H18INO/c13-11-6-1-2-7-12(11)14-9-4-3-5-10(15)8-9/h8,11-12,14H,1-7H2. The van der Waals surface area contributed by atoms with E-state index in [1.165, 1.54) is 31.4 Å². The Morgan fingerprint density at radius 3 is 2.73 bits per heavy atom. The summed E-state index contributed by atoms with van der Waals surface area (Å²) in [6.07, 6.45) is 9.92. The minimum absolute atomic E-state index is 0.296. The molecule has 0 aromatic heterocycles. The predicted octanol–water partition coefficient (Wildman–Crippen LogP) is 2.96. The van der Waals surface area contributed by atoms with Gasteiger partial charge >= 0.3 is 0 Å². The topological polar surface area (TPSA) is 29.1 Å². The van der Waals surface area contributed by atoms with Crippen LogP contribution in [0.4, 0.5) is 0 Å².